The second-order valence-electron chi connectivity index (χ2n) is 3.82. The summed E-state index contributed by atoms with van der Waals surface area (Å²) in [7, 11) is 0. The summed E-state index contributed by atoms with van der Waals surface area (Å²) in [5.74, 6) is 0. The van der Waals surface area contributed by atoms with E-state index in [1.165, 1.54) is 0 Å². The summed E-state index contributed by atoms with van der Waals surface area (Å²) < 4.78 is 0.801. The van der Waals surface area contributed by atoms with Gasteiger partial charge >= 0.3 is 0 Å². The molecular formula is C13H9BrCl3N. The first-order valence-electron chi connectivity index (χ1n) is 5.14. The highest BCUT2D eigenvalue weighted by molar-refractivity contribution is 9.10. The van der Waals surface area contributed by atoms with E-state index >= 15 is 0 Å². The van der Waals surface area contributed by atoms with E-state index in [0.717, 1.165) is 15.6 Å². The highest BCUT2D eigenvalue weighted by Crippen LogP contribution is 2.32. The third-order valence-corrected chi connectivity index (χ3v) is 4.39. The van der Waals surface area contributed by atoms with Crippen molar-refractivity contribution in [2.45, 2.75) is 6.04 Å². The molecule has 1 nitrogen and oxygen atoms in total. The lowest BCUT2D eigenvalue weighted by molar-refractivity contribution is 0.871. The lowest BCUT2D eigenvalue weighted by Gasteiger charge is -2.15. The maximum absolute atomic E-state index is 6.20. The molecule has 0 aliphatic rings. The Bertz CT molecular complexity index is 586. The van der Waals surface area contributed by atoms with Crippen LogP contribution in [0.4, 0.5) is 0 Å². The van der Waals surface area contributed by atoms with E-state index in [2.05, 4.69) is 15.9 Å². The first-order chi connectivity index (χ1) is 8.49. The molecule has 5 heteroatoms. The van der Waals surface area contributed by atoms with Crippen LogP contribution in [0, 0.1) is 0 Å². The molecular weight excluding hydrogens is 356 g/mol. The fourth-order valence-electron chi connectivity index (χ4n) is 1.64. The van der Waals surface area contributed by atoms with Crippen LogP contribution in [0.2, 0.25) is 15.1 Å². The van der Waals surface area contributed by atoms with Crippen LogP contribution in [0.25, 0.3) is 0 Å². The van der Waals surface area contributed by atoms with Crippen molar-refractivity contribution in [3.63, 3.8) is 0 Å². The molecule has 0 saturated carbocycles. The second-order valence-corrected chi connectivity index (χ2v) is 5.92. The van der Waals surface area contributed by atoms with E-state index < -0.39 is 0 Å². The van der Waals surface area contributed by atoms with Crippen LogP contribution in [0.5, 0.6) is 0 Å². The number of rotatable bonds is 2. The van der Waals surface area contributed by atoms with Gasteiger partial charge in [-0.05, 0) is 57.4 Å². The van der Waals surface area contributed by atoms with Crippen molar-refractivity contribution >= 4 is 50.7 Å². The maximum atomic E-state index is 6.20. The van der Waals surface area contributed by atoms with Crippen molar-refractivity contribution < 1.29 is 0 Å². The fraction of sp³-hybridized carbons (Fsp3) is 0.0769. The average molecular weight is 365 g/mol. The maximum Gasteiger partial charge on any atom is 0.0567 e. The van der Waals surface area contributed by atoms with Crippen LogP contribution in [0.3, 0.4) is 0 Å². The Morgan fingerprint density at radius 2 is 1.61 bits per heavy atom. The van der Waals surface area contributed by atoms with Gasteiger partial charge in [-0.2, -0.15) is 0 Å². The van der Waals surface area contributed by atoms with Crippen LogP contribution in [-0.2, 0) is 0 Å². The van der Waals surface area contributed by atoms with Gasteiger partial charge in [0.2, 0.25) is 0 Å². The first kappa shape index (κ1) is 14.2. The van der Waals surface area contributed by atoms with E-state index in [9.17, 15) is 0 Å². The predicted octanol–water partition coefficient (Wildman–Crippen LogP) is 5.46. The molecule has 0 aliphatic heterocycles. The molecule has 0 radical (unpaired) electrons. The number of benzene rings is 2. The molecule has 2 N–H and O–H groups in total. The number of halogens is 4. The molecule has 2 rings (SSSR count). The minimum absolute atomic E-state index is 0.343. The Kier molecular flexibility index (Phi) is 4.57. The van der Waals surface area contributed by atoms with Gasteiger partial charge in [0.05, 0.1) is 11.1 Å². The van der Waals surface area contributed by atoms with Crippen LogP contribution < -0.4 is 5.73 Å². The van der Waals surface area contributed by atoms with Crippen molar-refractivity contribution in [2.24, 2.45) is 5.73 Å². The summed E-state index contributed by atoms with van der Waals surface area (Å²) in [5, 5.41) is 1.85. The third kappa shape index (κ3) is 3.01. The van der Waals surface area contributed by atoms with Gasteiger partial charge in [-0.3, -0.25) is 0 Å². The normalized spacial score (nSPS) is 12.5. The van der Waals surface area contributed by atoms with Gasteiger partial charge in [0, 0.05) is 14.5 Å². The molecule has 0 saturated heterocycles. The van der Waals surface area contributed by atoms with Gasteiger partial charge in [-0.15, -0.1) is 0 Å². The lowest BCUT2D eigenvalue weighted by Crippen LogP contribution is -2.12. The average Bonchev–Trinajstić information content (AvgIpc) is 2.35. The molecule has 1 atom stereocenters. The topological polar surface area (TPSA) is 26.0 Å². The molecule has 0 bridgehead atoms. The molecule has 2 aromatic rings. The molecule has 1 unspecified atom stereocenters. The van der Waals surface area contributed by atoms with Gasteiger partial charge in [0.25, 0.3) is 0 Å². The monoisotopic (exact) mass is 363 g/mol. The van der Waals surface area contributed by atoms with Crippen molar-refractivity contribution in [2.75, 3.05) is 0 Å². The molecule has 0 fully saturated rings. The molecule has 0 aromatic heterocycles. The molecule has 2 aromatic carbocycles. The first-order valence-corrected chi connectivity index (χ1v) is 7.07. The van der Waals surface area contributed by atoms with E-state index in [4.69, 9.17) is 40.5 Å². The number of hydrogen-bond acceptors (Lipinski definition) is 1. The lowest BCUT2D eigenvalue weighted by atomic mass is 10.00. The zero-order valence-corrected chi connectivity index (χ0v) is 13.0. The second kappa shape index (κ2) is 5.81. The zero-order chi connectivity index (χ0) is 13.3. The molecule has 0 aliphatic carbocycles. The highest BCUT2D eigenvalue weighted by Gasteiger charge is 2.14. The van der Waals surface area contributed by atoms with Crippen molar-refractivity contribution in [3.05, 3.63) is 67.1 Å². The highest BCUT2D eigenvalue weighted by atomic mass is 79.9. The molecule has 94 valence electrons. The van der Waals surface area contributed by atoms with Crippen LogP contribution in [-0.4, -0.2) is 0 Å². The Hall–Kier alpha value is -0.250. The Labute approximate surface area is 129 Å². The summed E-state index contributed by atoms with van der Waals surface area (Å²) in [6.45, 7) is 0. The van der Waals surface area contributed by atoms with E-state index in [0.29, 0.717) is 15.1 Å². The zero-order valence-electron chi connectivity index (χ0n) is 9.13. The smallest absolute Gasteiger partial charge is 0.0567 e. The minimum Gasteiger partial charge on any atom is -0.320 e. The van der Waals surface area contributed by atoms with Crippen molar-refractivity contribution in [3.8, 4) is 0 Å². The van der Waals surface area contributed by atoms with Crippen LogP contribution >= 0.6 is 50.7 Å². The van der Waals surface area contributed by atoms with Crippen molar-refractivity contribution in [1.82, 2.24) is 0 Å². The summed E-state index contributed by atoms with van der Waals surface area (Å²) in [6, 6.07) is 10.4. The SMILES string of the molecule is NC(c1ccc(Cl)c(Br)c1)c1cc(Cl)ccc1Cl. The minimum atomic E-state index is -0.343. The molecule has 18 heavy (non-hydrogen) atoms. The fourth-order valence-corrected chi connectivity index (χ4v) is 2.57. The largest absolute Gasteiger partial charge is 0.320 e. The Morgan fingerprint density at radius 3 is 2.28 bits per heavy atom. The molecule has 0 spiro atoms. The third-order valence-electron chi connectivity index (χ3n) is 2.60. The van der Waals surface area contributed by atoms with Crippen molar-refractivity contribution in [1.29, 1.82) is 0 Å². The summed E-state index contributed by atoms with van der Waals surface area (Å²) in [6.07, 6.45) is 0. The molecule has 0 heterocycles. The molecule has 0 amide bonds. The van der Waals surface area contributed by atoms with E-state index in [-0.39, 0.29) is 6.04 Å². The van der Waals surface area contributed by atoms with Crippen LogP contribution in [0.1, 0.15) is 17.2 Å². The standard InChI is InChI=1S/C13H9BrCl3N/c14-10-5-7(1-3-12(10)17)13(18)9-6-8(15)2-4-11(9)16/h1-6,13H,18H2. The summed E-state index contributed by atoms with van der Waals surface area (Å²) >= 11 is 21.4. The van der Waals surface area contributed by atoms with Crippen LogP contribution in [0.15, 0.2) is 40.9 Å². The number of hydrogen-bond donors (Lipinski definition) is 1. The van der Waals surface area contributed by atoms with E-state index in [1.54, 1.807) is 24.3 Å². The Balaban J connectivity index is 2.44. The van der Waals surface area contributed by atoms with E-state index in [1.807, 2.05) is 12.1 Å². The number of nitrogens with two attached hydrogens (primary N) is 1. The Morgan fingerprint density at radius 1 is 0.944 bits per heavy atom. The van der Waals surface area contributed by atoms with Gasteiger partial charge in [-0.25, -0.2) is 0 Å². The quantitative estimate of drug-likeness (QED) is 0.752. The predicted molar refractivity (Wildman–Crippen MR) is 81.6 cm³/mol. The summed E-state index contributed by atoms with van der Waals surface area (Å²) in [4.78, 5) is 0. The van der Waals surface area contributed by atoms with Gasteiger partial charge in [0.15, 0.2) is 0 Å². The van der Waals surface area contributed by atoms with Gasteiger partial charge in [0.1, 0.15) is 0 Å². The summed E-state index contributed by atoms with van der Waals surface area (Å²) in [5.41, 5.74) is 7.90. The van der Waals surface area contributed by atoms with Gasteiger partial charge in [-0.1, -0.05) is 40.9 Å². The van der Waals surface area contributed by atoms with Gasteiger partial charge < -0.3 is 5.73 Å².